The van der Waals surface area contributed by atoms with E-state index in [2.05, 4.69) is 25.5 Å². The maximum Gasteiger partial charge on any atom is 0.235 e. The molecule has 30 heavy (non-hydrogen) atoms. The van der Waals surface area contributed by atoms with Gasteiger partial charge >= 0.3 is 0 Å². The Morgan fingerprint density at radius 2 is 1.73 bits per heavy atom. The van der Waals surface area contributed by atoms with Gasteiger partial charge in [-0.05, 0) is 42.5 Å². The topological polar surface area (TPSA) is 90.2 Å². The van der Waals surface area contributed by atoms with Crippen LogP contribution in [0.5, 0.6) is 11.5 Å². The second kappa shape index (κ2) is 7.23. The summed E-state index contributed by atoms with van der Waals surface area (Å²) in [5.41, 5.74) is 2.85. The summed E-state index contributed by atoms with van der Waals surface area (Å²) >= 11 is 1.37. The lowest BCUT2D eigenvalue weighted by Crippen LogP contribution is -1.95. The molecule has 0 bridgehead atoms. The second-order valence-corrected chi connectivity index (χ2v) is 7.29. The van der Waals surface area contributed by atoms with Crippen molar-refractivity contribution in [3.05, 3.63) is 54.3 Å². The average Bonchev–Trinajstić information content (AvgIpc) is 3.49. The molecule has 3 aromatic heterocycles. The summed E-state index contributed by atoms with van der Waals surface area (Å²) in [5.74, 6) is 1.53. The lowest BCUT2D eigenvalue weighted by molar-refractivity contribution is 0.397. The molecular weight excluding hydrogens is 407 g/mol. The van der Waals surface area contributed by atoms with Gasteiger partial charge in [0.05, 0.1) is 25.5 Å². The Labute approximate surface area is 173 Å². The fourth-order valence-electron chi connectivity index (χ4n) is 3.15. The van der Waals surface area contributed by atoms with E-state index in [4.69, 9.17) is 9.47 Å². The van der Waals surface area contributed by atoms with E-state index in [1.807, 2.05) is 24.3 Å². The molecule has 0 aliphatic carbocycles. The molecule has 150 valence electrons. The standard InChI is InChI=1S/C20H15FN6O2S/c1-28-15-4-3-5-16(29-2)17(15)19-26-27-18(24-25-20(27)30-19)14-10-13(22-23-14)11-6-8-12(21)9-7-11/h3-10H,1-2H3,(H,22,23). The first-order chi connectivity index (χ1) is 14.7. The van der Waals surface area contributed by atoms with E-state index in [1.165, 1.54) is 23.5 Å². The average molecular weight is 422 g/mol. The van der Waals surface area contributed by atoms with Crippen molar-refractivity contribution in [1.82, 2.24) is 30.0 Å². The summed E-state index contributed by atoms with van der Waals surface area (Å²) in [7, 11) is 3.21. The maximum absolute atomic E-state index is 13.2. The van der Waals surface area contributed by atoms with Gasteiger partial charge in [-0.3, -0.25) is 5.10 Å². The summed E-state index contributed by atoms with van der Waals surface area (Å²) in [6.07, 6.45) is 0. The smallest absolute Gasteiger partial charge is 0.235 e. The predicted molar refractivity (Wildman–Crippen MR) is 110 cm³/mol. The highest BCUT2D eigenvalue weighted by Gasteiger charge is 2.21. The second-order valence-electron chi connectivity index (χ2n) is 6.34. The molecule has 0 spiro atoms. The zero-order chi connectivity index (χ0) is 20.7. The minimum Gasteiger partial charge on any atom is -0.496 e. The summed E-state index contributed by atoms with van der Waals surface area (Å²) in [6, 6.07) is 13.5. The molecule has 0 unspecified atom stereocenters. The van der Waals surface area contributed by atoms with Gasteiger partial charge in [0.2, 0.25) is 10.8 Å². The Morgan fingerprint density at radius 1 is 1.00 bits per heavy atom. The number of methoxy groups -OCH3 is 2. The summed E-state index contributed by atoms with van der Waals surface area (Å²) < 4.78 is 25.8. The number of nitrogens with zero attached hydrogens (tertiary/aromatic N) is 5. The highest BCUT2D eigenvalue weighted by atomic mass is 32.1. The van der Waals surface area contributed by atoms with Crippen LogP contribution in [0.2, 0.25) is 0 Å². The number of halogens is 1. The van der Waals surface area contributed by atoms with Crippen molar-refractivity contribution in [3.63, 3.8) is 0 Å². The van der Waals surface area contributed by atoms with Gasteiger partial charge < -0.3 is 9.47 Å². The Bertz CT molecular complexity index is 1320. The van der Waals surface area contributed by atoms with Crippen molar-refractivity contribution >= 4 is 16.3 Å². The number of H-pyrrole nitrogens is 1. The minimum absolute atomic E-state index is 0.296. The molecule has 0 saturated heterocycles. The lowest BCUT2D eigenvalue weighted by atomic mass is 10.1. The lowest BCUT2D eigenvalue weighted by Gasteiger charge is -2.10. The van der Waals surface area contributed by atoms with Crippen LogP contribution in [0.4, 0.5) is 4.39 Å². The molecule has 0 amide bonds. The Balaban J connectivity index is 1.58. The monoisotopic (exact) mass is 422 g/mol. The molecular formula is C20H15FN6O2S. The molecule has 1 N–H and O–H groups in total. The molecule has 0 aliphatic heterocycles. The van der Waals surface area contributed by atoms with Crippen LogP contribution in [0.1, 0.15) is 0 Å². The fourth-order valence-corrected chi connectivity index (χ4v) is 4.05. The number of hydrogen-bond acceptors (Lipinski definition) is 7. The number of nitrogens with one attached hydrogen (secondary N) is 1. The van der Waals surface area contributed by atoms with Gasteiger partial charge in [0.25, 0.3) is 0 Å². The third-order valence-electron chi connectivity index (χ3n) is 4.59. The number of benzene rings is 2. The van der Waals surface area contributed by atoms with Crippen LogP contribution in [0.15, 0.2) is 48.5 Å². The van der Waals surface area contributed by atoms with Crippen molar-refractivity contribution in [3.8, 4) is 44.8 Å². The van der Waals surface area contributed by atoms with E-state index in [1.54, 1.807) is 30.9 Å². The van der Waals surface area contributed by atoms with Crippen LogP contribution >= 0.6 is 11.3 Å². The third-order valence-corrected chi connectivity index (χ3v) is 5.51. The van der Waals surface area contributed by atoms with Crippen molar-refractivity contribution in [1.29, 1.82) is 0 Å². The minimum atomic E-state index is -0.296. The van der Waals surface area contributed by atoms with E-state index < -0.39 is 0 Å². The number of fused-ring (bicyclic) bond motifs is 1. The van der Waals surface area contributed by atoms with Gasteiger partial charge in [0.1, 0.15) is 23.0 Å². The molecule has 2 aromatic carbocycles. The Kier molecular flexibility index (Phi) is 4.40. The third kappa shape index (κ3) is 2.98. The Morgan fingerprint density at radius 3 is 2.43 bits per heavy atom. The summed E-state index contributed by atoms with van der Waals surface area (Å²) in [5, 5.41) is 21.1. The highest BCUT2D eigenvalue weighted by molar-refractivity contribution is 7.19. The SMILES string of the molecule is COc1cccc(OC)c1-c1nn2c(-c3cc(-c4ccc(F)cc4)n[nH]3)nnc2s1. The van der Waals surface area contributed by atoms with Crippen LogP contribution in [-0.2, 0) is 0 Å². The number of aromatic nitrogens is 6. The molecule has 0 aliphatic rings. The van der Waals surface area contributed by atoms with E-state index in [9.17, 15) is 4.39 Å². The van der Waals surface area contributed by atoms with E-state index >= 15 is 0 Å². The van der Waals surface area contributed by atoms with Gasteiger partial charge in [-0.2, -0.15) is 14.7 Å². The fraction of sp³-hybridized carbons (Fsp3) is 0.100. The van der Waals surface area contributed by atoms with E-state index in [0.29, 0.717) is 38.7 Å². The van der Waals surface area contributed by atoms with E-state index in [-0.39, 0.29) is 5.82 Å². The summed E-state index contributed by atoms with van der Waals surface area (Å²) in [6.45, 7) is 0. The molecule has 5 rings (SSSR count). The largest absolute Gasteiger partial charge is 0.496 e. The molecule has 3 heterocycles. The van der Waals surface area contributed by atoms with Crippen LogP contribution < -0.4 is 9.47 Å². The van der Waals surface area contributed by atoms with Gasteiger partial charge in [0, 0.05) is 5.56 Å². The van der Waals surface area contributed by atoms with Crippen molar-refractivity contribution in [2.75, 3.05) is 14.2 Å². The van der Waals surface area contributed by atoms with Crippen LogP contribution in [-0.4, -0.2) is 44.2 Å². The Hall–Kier alpha value is -3.79. The number of rotatable bonds is 5. The number of aromatic amines is 1. The molecule has 5 aromatic rings. The molecule has 0 atom stereocenters. The molecule has 0 fully saturated rings. The van der Waals surface area contributed by atoms with E-state index in [0.717, 1.165) is 11.1 Å². The highest BCUT2D eigenvalue weighted by Crippen LogP contribution is 2.40. The number of ether oxygens (including phenoxy) is 2. The van der Waals surface area contributed by atoms with Gasteiger partial charge in [-0.15, -0.1) is 10.2 Å². The van der Waals surface area contributed by atoms with Gasteiger partial charge in [0.15, 0.2) is 5.01 Å². The predicted octanol–water partition coefficient (Wildman–Crippen LogP) is 4.07. The first kappa shape index (κ1) is 18.3. The first-order valence-electron chi connectivity index (χ1n) is 8.93. The van der Waals surface area contributed by atoms with Gasteiger partial charge in [-0.25, -0.2) is 4.39 Å². The van der Waals surface area contributed by atoms with Crippen LogP contribution in [0.3, 0.4) is 0 Å². The van der Waals surface area contributed by atoms with Crippen molar-refractivity contribution in [2.24, 2.45) is 0 Å². The van der Waals surface area contributed by atoms with Crippen LogP contribution in [0.25, 0.3) is 38.3 Å². The maximum atomic E-state index is 13.2. The molecule has 0 saturated carbocycles. The quantitative estimate of drug-likeness (QED) is 0.459. The van der Waals surface area contributed by atoms with Gasteiger partial charge in [-0.1, -0.05) is 17.4 Å². The van der Waals surface area contributed by atoms with Crippen molar-refractivity contribution < 1.29 is 13.9 Å². The van der Waals surface area contributed by atoms with Crippen LogP contribution in [0, 0.1) is 5.82 Å². The normalized spacial score (nSPS) is 11.2. The first-order valence-corrected chi connectivity index (χ1v) is 9.75. The zero-order valence-corrected chi connectivity index (χ0v) is 16.8. The zero-order valence-electron chi connectivity index (χ0n) is 16.0. The molecule has 0 radical (unpaired) electrons. The number of hydrogen-bond donors (Lipinski definition) is 1. The molecule has 10 heteroatoms. The summed E-state index contributed by atoms with van der Waals surface area (Å²) in [4.78, 5) is 0.617. The molecule has 8 nitrogen and oxygen atoms in total. The van der Waals surface area contributed by atoms with Crippen molar-refractivity contribution in [2.45, 2.75) is 0 Å².